The van der Waals surface area contributed by atoms with Crippen LogP contribution in [0.3, 0.4) is 0 Å². The quantitative estimate of drug-likeness (QED) is 0.883. The number of fused-ring (bicyclic) bond motifs is 1. The fraction of sp³-hybridized carbons (Fsp3) is 0.533. The van der Waals surface area contributed by atoms with Gasteiger partial charge in [-0.2, -0.15) is 0 Å². The second-order valence-electron chi connectivity index (χ2n) is 5.68. The zero-order valence-electron chi connectivity index (χ0n) is 11.7. The van der Waals surface area contributed by atoms with Crippen LogP contribution in [0, 0.1) is 11.8 Å². The molecule has 2 fully saturated rings. The first-order chi connectivity index (χ1) is 9.65. The normalized spacial score (nSPS) is 27.1. The van der Waals surface area contributed by atoms with Crippen molar-refractivity contribution in [2.45, 2.75) is 18.9 Å². The Balaban J connectivity index is 0.00000161. The van der Waals surface area contributed by atoms with Crippen molar-refractivity contribution in [3.63, 3.8) is 0 Å². The van der Waals surface area contributed by atoms with Gasteiger partial charge in [0.05, 0.1) is 4.47 Å². The molecular weight excluding hydrogens is 356 g/mol. The first-order valence-electron chi connectivity index (χ1n) is 7.06. The summed E-state index contributed by atoms with van der Waals surface area (Å²) in [7, 11) is 0. The van der Waals surface area contributed by atoms with Crippen molar-refractivity contribution in [3.05, 3.63) is 28.7 Å². The summed E-state index contributed by atoms with van der Waals surface area (Å²) in [5.41, 5.74) is 6.09. The van der Waals surface area contributed by atoms with E-state index in [1.807, 2.05) is 29.2 Å². The number of likely N-dealkylation sites (tertiary alicyclic amines) is 1. The van der Waals surface area contributed by atoms with Gasteiger partial charge in [0, 0.05) is 19.1 Å². The SMILES string of the molecule is Cl.NC1CCC2CN(C(=O)COc3ccccc3Br)CC12. The average Bonchev–Trinajstić information content (AvgIpc) is 3.00. The highest BCUT2D eigenvalue weighted by Crippen LogP contribution is 2.37. The van der Waals surface area contributed by atoms with Crippen LogP contribution in [0.2, 0.25) is 0 Å². The third-order valence-electron chi connectivity index (χ3n) is 4.45. The Morgan fingerprint density at radius 1 is 1.33 bits per heavy atom. The summed E-state index contributed by atoms with van der Waals surface area (Å²) >= 11 is 3.41. The van der Waals surface area contributed by atoms with Crippen molar-refractivity contribution in [2.24, 2.45) is 17.6 Å². The molecule has 3 unspecified atom stereocenters. The second-order valence-corrected chi connectivity index (χ2v) is 6.54. The van der Waals surface area contributed by atoms with E-state index >= 15 is 0 Å². The third-order valence-corrected chi connectivity index (χ3v) is 5.11. The lowest BCUT2D eigenvalue weighted by molar-refractivity contribution is -0.132. The summed E-state index contributed by atoms with van der Waals surface area (Å²) in [6.07, 6.45) is 2.26. The number of hydrogen-bond acceptors (Lipinski definition) is 3. The number of para-hydroxylation sites is 1. The first-order valence-corrected chi connectivity index (χ1v) is 7.85. The summed E-state index contributed by atoms with van der Waals surface area (Å²) in [4.78, 5) is 14.1. The summed E-state index contributed by atoms with van der Waals surface area (Å²) < 4.78 is 6.46. The third kappa shape index (κ3) is 3.52. The van der Waals surface area contributed by atoms with E-state index in [4.69, 9.17) is 10.5 Å². The number of carbonyl (C=O) groups excluding carboxylic acids is 1. The number of benzene rings is 1. The van der Waals surface area contributed by atoms with Gasteiger partial charge in [0.2, 0.25) is 0 Å². The molecule has 3 atom stereocenters. The van der Waals surface area contributed by atoms with Crippen LogP contribution in [0.15, 0.2) is 28.7 Å². The minimum atomic E-state index is 0. The molecule has 1 aromatic rings. The maximum absolute atomic E-state index is 12.2. The summed E-state index contributed by atoms with van der Waals surface area (Å²) in [5, 5.41) is 0. The van der Waals surface area contributed by atoms with Crippen molar-refractivity contribution in [1.82, 2.24) is 4.90 Å². The highest BCUT2D eigenvalue weighted by atomic mass is 79.9. The standard InChI is InChI=1S/C15H19BrN2O2.ClH/c16-12-3-1-2-4-14(12)20-9-15(19)18-7-10-5-6-13(17)11(10)8-18;/h1-4,10-11,13H,5-9,17H2;1H. The predicted molar refractivity (Wildman–Crippen MR) is 87.7 cm³/mol. The van der Waals surface area contributed by atoms with Gasteiger partial charge in [-0.1, -0.05) is 12.1 Å². The number of nitrogens with zero attached hydrogens (tertiary/aromatic N) is 1. The Hall–Kier alpha value is -0.780. The van der Waals surface area contributed by atoms with Crippen LogP contribution in [0.1, 0.15) is 12.8 Å². The fourth-order valence-electron chi connectivity index (χ4n) is 3.30. The van der Waals surface area contributed by atoms with Gasteiger partial charge in [-0.25, -0.2) is 0 Å². The highest BCUT2D eigenvalue weighted by molar-refractivity contribution is 9.10. The van der Waals surface area contributed by atoms with Crippen molar-refractivity contribution >= 4 is 34.2 Å². The maximum atomic E-state index is 12.2. The summed E-state index contributed by atoms with van der Waals surface area (Å²) in [6, 6.07) is 7.83. The Kier molecular flexibility index (Phi) is 5.52. The smallest absolute Gasteiger partial charge is 0.260 e. The molecule has 1 heterocycles. The molecule has 1 saturated heterocycles. The van der Waals surface area contributed by atoms with E-state index in [1.165, 1.54) is 0 Å². The monoisotopic (exact) mass is 374 g/mol. The fourth-order valence-corrected chi connectivity index (χ4v) is 3.70. The minimum Gasteiger partial charge on any atom is -0.483 e. The zero-order valence-corrected chi connectivity index (χ0v) is 14.1. The molecule has 3 rings (SSSR count). The van der Waals surface area contributed by atoms with E-state index < -0.39 is 0 Å². The van der Waals surface area contributed by atoms with E-state index in [-0.39, 0.29) is 31.0 Å². The average molecular weight is 376 g/mol. The number of halogens is 2. The number of rotatable bonds is 3. The molecule has 1 aliphatic carbocycles. The molecule has 4 nitrogen and oxygen atoms in total. The van der Waals surface area contributed by atoms with Crippen LogP contribution < -0.4 is 10.5 Å². The van der Waals surface area contributed by atoms with E-state index in [2.05, 4.69) is 15.9 Å². The lowest BCUT2D eigenvalue weighted by Crippen LogP contribution is -2.36. The van der Waals surface area contributed by atoms with Gasteiger partial charge in [0.25, 0.3) is 5.91 Å². The number of nitrogens with two attached hydrogens (primary N) is 1. The molecule has 6 heteroatoms. The Labute approximate surface area is 139 Å². The minimum absolute atomic E-state index is 0. The van der Waals surface area contributed by atoms with Crippen LogP contribution in [0.4, 0.5) is 0 Å². The Bertz CT molecular complexity index is 514. The van der Waals surface area contributed by atoms with Gasteiger partial charge in [-0.05, 0) is 52.7 Å². The number of amides is 1. The van der Waals surface area contributed by atoms with Crippen LogP contribution in [-0.4, -0.2) is 36.5 Å². The summed E-state index contributed by atoms with van der Waals surface area (Å²) in [6.45, 7) is 1.73. The molecule has 1 aliphatic heterocycles. The van der Waals surface area contributed by atoms with Crippen molar-refractivity contribution in [2.75, 3.05) is 19.7 Å². The molecule has 0 bridgehead atoms. The molecule has 1 amide bonds. The van der Waals surface area contributed by atoms with E-state index in [1.54, 1.807) is 0 Å². The van der Waals surface area contributed by atoms with E-state index in [0.717, 1.165) is 30.4 Å². The first kappa shape index (κ1) is 16.6. The Morgan fingerprint density at radius 2 is 2.10 bits per heavy atom. The molecule has 21 heavy (non-hydrogen) atoms. The van der Waals surface area contributed by atoms with Gasteiger partial charge >= 0.3 is 0 Å². The summed E-state index contributed by atoms with van der Waals surface area (Å²) in [5.74, 6) is 1.85. The van der Waals surface area contributed by atoms with Crippen LogP contribution >= 0.6 is 28.3 Å². The van der Waals surface area contributed by atoms with E-state index in [0.29, 0.717) is 17.6 Å². The Morgan fingerprint density at radius 3 is 2.81 bits per heavy atom. The lowest BCUT2D eigenvalue weighted by atomic mass is 9.98. The van der Waals surface area contributed by atoms with Crippen LogP contribution in [0.5, 0.6) is 5.75 Å². The number of carbonyl (C=O) groups is 1. The molecule has 2 aliphatic rings. The highest BCUT2D eigenvalue weighted by Gasteiger charge is 2.42. The van der Waals surface area contributed by atoms with Gasteiger partial charge in [-0.15, -0.1) is 12.4 Å². The molecule has 2 N–H and O–H groups in total. The molecule has 0 spiro atoms. The van der Waals surface area contributed by atoms with Gasteiger partial charge in [0.1, 0.15) is 5.75 Å². The lowest BCUT2D eigenvalue weighted by Gasteiger charge is -2.19. The van der Waals surface area contributed by atoms with Gasteiger partial charge in [0.15, 0.2) is 6.61 Å². The van der Waals surface area contributed by atoms with Gasteiger partial charge in [-0.3, -0.25) is 4.79 Å². The van der Waals surface area contributed by atoms with Gasteiger partial charge < -0.3 is 15.4 Å². The van der Waals surface area contributed by atoms with Crippen molar-refractivity contribution < 1.29 is 9.53 Å². The number of hydrogen-bond donors (Lipinski definition) is 1. The van der Waals surface area contributed by atoms with Crippen LogP contribution in [-0.2, 0) is 4.79 Å². The largest absolute Gasteiger partial charge is 0.483 e. The van der Waals surface area contributed by atoms with Crippen molar-refractivity contribution in [1.29, 1.82) is 0 Å². The molecule has 0 radical (unpaired) electrons. The van der Waals surface area contributed by atoms with E-state index in [9.17, 15) is 4.79 Å². The second kappa shape index (κ2) is 6.99. The predicted octanol–water partition coefficient (Wildman–Crippen LogP) is 2.45. The zero-order chi connectivity index (χ0) is 14.1. The van der Waals surface area contributed by atoms with Crippen molar-refractivity contribution in [3.8, 4) is 5.75 Å². The molecule has 1 saturated carbocycles. The molecule has 116 valence electrons. The van der Waals surface area contributed by atoms with Crippen LogP contribution in [0.25, 0.3) is 0 Å². The topological polar surface area (TPSA) is 55.6 Å². The number of ether oxygens (including phenoxy) is 1. The maximum Gasteiger partial charge on any atom is 0.260 e. The molecular formula is C15H20BrClN2O2. The molecule has 0 aromatic heterocycles. The molecule has 1 aromatic carbocycles.